The van der Waals surface area contributed by atoms with Gasteiger partial charge in [-0.1, -0.05) is 42.5 Å². The summed E-state index contributed by atoms with van der Waals surface area (Å²) < 4.78 is 27.2. The maximum atomic E-state index is 12.3. The number of aliphatic hydroxyl groups is 1. The predicted octanol–water partition coefficient (Wildman–Crippen LogP) is 2.71. The first-order valence-electron chi connectivity index (χ1n) is 7.31. The van der Waals surface area contributed by atoms with Crippen LogP contribution in [0.4, 0.5) is 0 Å². The topological polar surface area (TPSA) is 66.4 Å². The summed E-state index contributed by atoms with van der Waals surface area (Å²) in [5.74, 6) is 0. The molecule has 0 bridgehead atoms. The van der Waals surface area contributed by atoms with Gasteiger partial charge in [0.25, 0.3) is 0 Å². The Balaban J connectivity index is 2.19. The molecule has 0 amide bonds. The fourth-order valence-electron chi connectivity index (χ4n) is 2.28. The second kappa shape index (κ2) is 7.54. The van der Waals surface area contributed by atoms with E-state index in [-0.39, 0.29) is 6.61 Å². The number of hydrogen-bond donors (Lipinski definition) is 2. The highest BCUT2D eigenvalue weighted by molar-refractivity contribution is 7.89. The summed E-state index contributed by atoms with van der Waals surface area (Å²) in [5, 5.41) is 8.72. The molecule has 2 aromatic rings. The molecule has 0 aromatic heterocycles. The summed E-state index contributed by atoms with van der Waals surface area (Å²) in [6.07, 6.45) is 1.21. The molecule has 0 aliphatic heterocycles. The zero-order valence-corrected chi connectivity index (χ0v) is 13.4. The molecule has 4 nitrogen and oxygen atoms in total. The Morgan fingerprint density at radius 2 is 1.73 bits per heavy atom. The van der Waals surface area contributed by atoms with Gasteiger partial charge in [0.1, 0.15) is 0 Å². The van der Waals surface area contributed by atoms with Gasteiger partial charge in [-0.15, -0.1) is 0 Å². The Bertz CT molecular complexity index is 712. The molecule has 0 radical (unpaired) electrons. The molecule has 0 saturated heterocycles. The van der Waals surface area contributed by atoms with Crippen molar-refractivity contribution in [3.05, 3.63) is 54.1 Å². The Morgan fingerprint density at radius 1 is 1.00 bits per heavy atom. The first-order chi connectivity index (χ1) is 10.5. The fraction of sp³-hybridized carbons (Fsp3) is 0.294. The van der Waals surface area contributed by atoms with Gasteiger partial charge in [0.2, 0.25) is 10.0 Å². The third kappa shape index (κ3) is 4.16. The molecule has 0 fully saturated rings. The summed E-state index contributed by atoms with van der Waals surface area (Å²) in [7, 11) is -3.50. The lowest BCUT2D eigenvalue weighted by Gasteiger charge is -2.11. The molecule has 2 N–H and O–H groups in total. The molecule has 5 heteroatoms. The maximum Gasteiger partial charge on any atom is 0.240 e. The highest BCUT2D eigenvalue weighted by Crippen LogP contribution is 2.24. The van der Waals surface area contributed by atoms with Gasteiger partial charge < -0.3 is 5.11 Å². The van der Waals surface area contributed by atoms with Crippen molar-refractivity contribution in [3.8, 4) is 11.1 Å². The smallest absolute Gasteiger partial charge is 0.240 e. The summed E-state index contributed by atoms with van der Waals surface area (Å²) >= 11 is 0. The second-order valence-electron chi connectivity index (χ2n) is 5.17. The van der Waals surface area contributed by atoms with Gasteiger partial charge in [0.15, 0.2) is 0 Å². The number of hydrogen-bond acceptors (Lipinski definition) is 3. The van der Waals surface area contributed by atoms with Crippen molar-refractivity contribution in [2.75, 3.05) is 13.2 Å². The Kier molecular flexibility index (Phi) is 5.71. The van der Waals surface area contributed by atoms with Crippen LogP contribution in [0.15, 0.2) is 53.4 Å². The third-order valence-corrected chi connectivity index (χ3v) is 5.07. The highest BCUT2D eigenvalue weighted by Gasteiger charge is 2.16. The van der Waals surface area contributed by atoms with Crippen LogP contribution in [0, 0.1) is 6.92 Å². The minimum Gasteiger partial charge on any atom is -0.396 e. The van der Waals surface area contributed by atoms with Crippen molar-refractivity contribution in [2.24, 2.45) is 0 Å². The van der Waals surface area contributed by atoms with E-state index in [2.05, 4.69) is 4.72 Å². The standard InChI is InChI=1S/C17H21NO3S/c1-14-13-16(15-7-3-2-4-8-15)9-10-17(14)22(20,21)18-11-5-6-12-19/h2-4,7-10,13,18-19H,5-6,11-12H2,1H3. The molecule has 0 saturated carbocycles. The van der Waals surface area contributed by atoms with E-state index in [1.165, 1.54) is 0 Å². The molecule has 0 unspecified atom stereocenters. The quantitative estimate of drug-likeness (QED) is 0.771. The van der Waals surface area contributed by atoms with E-state index in [0.717, 1.165) is 16.7 Å². The van der Waals surface area contributed by atoms with Crippen molar-refractivity contribution in [1.29, 1.82) is 0 Å². The normalized spacial score (nSPS) is 11.5. The van der Waals surface area contributed by atoms with Gasteiger partial charge in [-0.25, -0.2) is 13.1 Å². The number of sulfonamides is 1. The molecular formula is C17H21NO3S. The largest absolute Gasteiger partial charge is 0.396 e. The zero-order valence-electron chi connectivity index (χ0n) is 12.6. The lowest BCUT2D eigenvalue weighted by atomic mass is 10.0. The summed E-state index contributed by atoms with van der Waals surface area (Å²) in [4.78, 5) is 0.302. The van der Waals surface area contributed by atoms with Crippen molar-refractivity contribution in [1.82, 2.24) is 4.72 Å². The van der Waals surface area contributed by atoms with E-state index < -0.39 is 10.0 Å². The van der Waals surface area contributed by atoms with Crippen LogP contribution in [0.5, 0.6) is 0 Å². The van der Waals surface area contributed by atoms with Crippen LogP contribution in [-0.4, -0.2) is 26.7 Å². The zero-order chi connectivity index (χ0) is 16.0. The highest BCUT2D eigenvalue weighted by atomic mass is 32.2. The minimum absolute atomic E-state index is 0.0759. The molecule has 2 aromatic carbocycles. The molecule has 2 rings (SSSR count). The van der Waals surface area contributed by atoms with E-state index in [9.17, 15) is 8.42 Å². The third-order valence-electron chi connectivity index (χ3n) is 3.45. The number of nitrogens with one attached hydrogen (secondary N) is 1. The maximum absolute atomic E-state index is 12.3. The molecule has 22 heavy (non-hydrogen) atoms. The summed E-state index contributed by atoms with van der Waals surface area (Å²) in [6, 6.07) is 15.2. The van der Waals surface area contributed by atoms with E-state index in [4.69, 9.17) is 5.11 Å². The molecule has 0 aliphatic carbocycles. The van der Waals surface area contributed by atoms with E-state index in [1.54, 1.807) is 13.0 Å². The lowest BCUT2D eigenvalue weighted by Crippen LogP contribution is -2.25. The number of unbranched alkanes of at least 4 members (excludes halogenated alkanes) is 1. The van der Waals surface area contributed by atoms with Crippen molar-refractivity contribution < 1.29 is 13.5 Å². The van der Waals surface area contributed by atoms with E-state index >= 15 is 0 Å². The van der Waals surface area contributed by atoms with Crippen LogP contribution in [-0.2, 0) is 10.0 Å². The fourth-order valence-corrected chi connectivity index (χ4v) is 3.58. The summed E-state index contributed by atoms with van der Waals surface area (Å²) in [5.41, 5.74) is 2.78. The van der Waals surface area contributed by atoms with Gasteiger partial charge in [-0.3, -0.25) is 0 Å². The number of rotatable bonds is 7. The lowest BCUT2D eigenvalue weighted by molar-refractivity contribution is 0.285. The van der Waals surface area contributed by atoms with Crippen LogP contribution < -0.4 is 4.72 Å². The molecule has 0 heterocycles. The molecule has 0 aliphatic rings. The molecular weight excluding hydrogens is 298 g/mol. The van der Waals surface area contributed by atoms with Gasteiger partial charge in [0, 0.05) is 13.2 Å². The van der Waals surface area contributed by atoms with Crippen LogP contribution >= 0.6 is 0 Å². The average molecular weight is 319 g/mol. The number of aliphatic hydroxyl groups excluding tert-OH is 1. The van der Waals surface area contributed by atoms with Crippen molar-refractivity contribution >= 4 is 10.0 Å². The van der Waals surface area contributed by atoms with Gasteiger partial charge in [0.05, 0.1) is 4.90 Å². The van der Waals surface area contributed by atoms with Crippen molar-refractivity contribution in [3.63, 3.8) is 0 Å². The Labute approximate surface area is 131 Å². The molecule has 118 valence electrons. The predicted molar refractivity (Wildman–Crippen MR) is 88.1 cm³/mol. The van der Waals surface area contributed by atoms with Gasteiger partial charge in [-0.05, 0) is 42.5 Å². The molecule has 0 spiro atoms. The van der Waals surface area contributed by atoms with E-state index in [0.29, 0.717) is 24.3 Å². The van der Waals surface area contributed by atoms with Crippen molar-refractivity contribution in [2.45, 2.75) is 24.7 Å². The monoisotopic (exact) mass is 319 g/mol. The number of benzene rings is 2. The van der Waals surface area contributed by atoms with Gasteiger partial charge in [-0.2, -0.15) is 0 Å². The first kappa shape index (κ1) is 16.7. The van der Waals surface area contributed by atoms with Crippen LogP contribution in [0.1, 0.15) is 18.4 Å². The average Bonchev–Trinajstić information content (AvgIpc) is 2.52. The minimum atomic E-state index is -3.50. The Hall–Kier alpha value is -1.69. The van der Waals surface area contributed by atoms with E-state index in [1.807, 2.05) is 42.5 Å². The number of aryl methyl sites for hydroxylation is 1. The summed E-state index contributed by atoms with van der Waals surface area (Å²) in [6.45, 7) is 2.21. The molecule has 0 atom stereocenters. The van der Waals surface area contributed by atoms with Crippen LogP contribution in [0.3, 0.4) is 0 Å². The first-order valence-corrected chi connectivity index (χ1v) is 8.79. The second-order valence-corrected chi connectivity index (χ2v) is 6.91. The van der Waals surface area contributed by atoms with Gasteiger partial charge >= 0.3 is 0 Å². The van der Waals surface area contributed by atoms with Crippen LogP contribution in [0.2, 0.25) is 0 Å². The van der Waals surface area contributed by atoms with Crippen LogP contribution in [0.25, 0.3) is 11.1 Å². The Morgan fingerprint density at radius 3 is 2.36 bits per heavy atom. The SMILES string of the molecule is Cc1cc(-c2ccccc2)ccc1S(=O)(=O)NCCCCO.